The molecule has 2 rings (SSSR count). The average Bonchev–Trinajstić information content (AvgIpc) is 3.12. The topological polar surface area (TPSA) is 57.5 Å². The third-order valence-corrected chi connectivity index (χ3v) is 4.78. The summed E-state index contributed by atoms with van der Waals surface area (Å²) in [5.74, 6) is 1.52. The molecule has 2 N–H and O–H groups in total. The lowest BCUT2D eigenvalue weighted by molar-refractivity contribution is 0.287. The third-order valence-electron chi connectivity index (χ3n) is 4.78. The molecule has 7 heteroatoms. The van der Waals surface area contributed by atoms with Gasteiger partial charge in [-0.2, -0.15) is 5.10 Å². The maximum Gasteiger partial charge on any atom is 0.191 e. The summed E-state index contributed by atoms with van der Waals surface area (Å²) in [4.78, 5) is 7.32. The molecule has 1 atom stereocenters. The Kier molecular flexibility index (Phi) is 9.78. The number of aliphatic imine (C=N–C) groups is 1. The Balaban J connectivity index is 0.00000312. The number of hydrogen-bond donors (Lipinski definition) is 2. The third kappa shape index (κ3) is 6.77. The molecule has 144 valence electrons. The van der Waals surface area contributed by atoms with Crippen LogP contribution in [-0.4, -0.2) is 53.4 Å². The molecule has 0 spiro atoms. The summed E-state index contributed by atoms with van der Waals surface area (Å²) in [6.07, 6.45) is 2.71. The van der Waals surface area contributed by atoms with Gasteiger partial charge in [0.05, 0.1) is 12.2 Å². The van der Waals surface area contributed by atoms with Gasteiger partial charge in [0, 0.05) is 37.9 Å². The molecule has 1 aromatic heterocycles. The summed E-state index contributed by atoms with van der Waals surface area (Å²) >= 11 is 0. The Morgan fingerprint density at radius 2 is 1.92 bits per heavy atom. The first kappa shape index (κ1) is 22.2. The lowest BCUT2D eigenvalue weighted by Crippen LogP contribution is -2.41. The number of rotatable bonds is 7. The first-order valence-corrected chi connectivity index (χ1v) is 9.24. The zero-order valence-electron chi connectivity index (χ0n) is 16.4. The number of halogens is 1. The molecule has 0 radical (unpaired) electrons. The normalized spacial score (nSPS) is 16.6. The lowest BCUT2D eigenvalue weighted by Gasteiger charge is -2.21. The molecule has 1 aromatic rings. The molecule has 0 amide bonds. The minimum atomic E-state index is 0. The Morgan fingerprint density at radius 3 is 2.48 bits per heavy atom. The molecular formula is C18H35IN6. The van der Waals surface area contributed by atoms with Crippen LogP contribution in [0.3, 0.4) is 0 Å². The molecule has 2 heterocycles. The van der Waals surface area contributed by atoms with Crippen molar-refractivity contribution in [3.05, 3.63) is 17.0 Å². The highest BCUT2D eigenvalue weighted by Crippen LogP contribution is 2.13. The van der Waals surface area contributed by atoms with Gasteiger partial charge in [-0.1, -0.05) is 6.92 Å². The zero-order chi connectivity index (χ0) is 17.5. The molecule has 1 unspecified atom stereocenters. The molecule has 1 saturated heterocycles. The van der Waals surface area contributed by atoms with E-state index in [0.717, 1.165) is 24.7 Å². The number of guanidine groups is 1. The summed E-state index contributed by atoms with van der Waals surface area (Å²) < 4.78 is 1.93. The van der Waals surface area contributed by atoms with Crippen molar-refractivity contribution < 1.29 is 0 Å². The van der Waals surface area contributed by atoms with Crippen LogP contribution in [-0.2, 0) is 13.6 Å². The van der Waals surface area contributed by atoms with Crippen LogP contribution >= 0.6 is 24.0 Å². The number of nitrogens with one attached hydrogen (secondary N) is 2. The van der Waals surface area contributed by atoms with Gasteiger partial charge < -0.3 is 15.5 Å². The number of nitrogens with zero attached hydrogens (tertiary/aromatic N) is 4. The largest absolute Gasteiger partial charge is 0.357 e. The fourth-order valence-electron chi connectivity index (χ4n) is 3.29. The van der Waals surface area contributed by atoms with E-state index >= 15 is 0 Å². The van der Waals surface area contributed by atoms with Crippen molar-refractivity contribution >= 4 is 29.9 Å². The molecular weight excluding hydrogens is 427 g/mol. The van der Waals surface area contributed by atoms with Crippen LogP contribution in [0.5, 0.6) is 0 Å². The number of aryl methyl sites for hydroxylation is 2. The van der Waals surface area contributed by atoms with Crippen LogP contribution < -0.4 is 10.6 Å². The van der Waals surface area contributed by atoms with E-state index in [0.29, 0.717) is 12.5 Å². The quantitative estimate of drug-likeness (QED) is 0.372. The van der Waals surface area contributed by atoms with E-state index in [4.69, 9.17) is 4.99 Å². The maximum absolute atomic E-state index is 4.75. The summed E-state index contributed by atoms with van der Waals surface area (Å²) in [5.41, 5.74) is 3.48. The van der Waals surface area contributed by atoms with Crippen molar-refractivity contribution in [3.63, 3.8) is 0 Å². The molecule has 0 aliphatic carbocycles. The fraction of sp³-hybridized carbons (Fsp3) is 0.778. The smallest absolute Gasteiger partial charge is 0.191 e. The highest BCUT2D eigenvalue weighted by Gasteiger charge is 2.15. The van der Waals surface area contributed by atoms with E-state index in [1.807, 2.05) is 11.7 Å². The van der Waals surface area contributed by atoms with E-state index < -0.39 is 0 Å². The van der Waals surface area contributed by atoms with Crippen molar-refractivity contribution in [1.82, 2.24) is 25.3 Å². The van der Waals surface area contributed by atoms with Gasteiger partial charge in [0.15, 0.2) is 5.96 Å². The molecule has 6 nitrogen and oxygen atoms in total. The second kappa shape index (κ2) is 11.0. The monoisotopic (exact) mass is 462 g/mol. The fourth-order valence-corrected chi connectivity index (χ4v) is 3.29. The summed E-state index contributed by atoms with van der Waals surface area (Å²) in [6.45, 7) is 14.8. The van der Waals surface area contributed by atoms with Crippen LogP contribution in [0.2, 0.25) is 0 Å². The SMILES string of the molecule is CCNC(=NCc1c(C)nn(C)c1C)NCC(C)CN1CCCC1.I. The summed E-state index contributed by atoms with van der Waals surface area (Å²) in [6, 6.07) is 0. The van der Waals surface area contributed by atoms with Crippen molar-refractivity contribution in [3.8, 4) is 0 Å². The predicted octanol–water partition coefficient (Wildman–Crippen LogP) is 2.44. The minimum Gasteiger partial charge on any atom is -0.357 e. The van der Waals surface area contributed by atoms with Crippen molar-refractivity contribution in [1.29, 1.82) is 0 Å². The van der Waals surface area contributed by atoms with Crippen LogP contribution in [0.25, 0.3) is 0 Å². The first-order chi connectivity index (χ1) is 11.5. The van der Waals surface area contributed by atoms with Crippen molar-refractivity contribution in [2.75, 3.05) is 32.7 Å². The Bertz CT molecular complexity index is 548. The Hall–Kier alpha value is -0.830. The van der Waals surface area contributed by atoms with E-state index in [9.17, 15) is 0 Å². The van der Waals surface area contributed by atoms with E-state index in [1.165, 1.54) is 43.7 Å². The molecule has 0 saturated carbocycles. The highest BCUT2D eigenvalue weighted by molar-refractivity contribution is 14.0. The predicted molar refractivity (Wildman–Crippen MR) is 116 cm³/mol. The van der Waals surface area contributed by atoms with Gasteiger partial charge in [-0.25, -0.2) is 4.99 Å². The molecule has 1 fully saturated rings. The molecule has 25 heavy (non-hydrogen) atoms. The zero-order valence-corrected chi connectivity index (χ0v) is 18.8. The second-order valence-corrected chi connectivity index (χ2v) is 6.96. The van der Waals surface area contributed by atoms with Gasteiger partial charge in [-0.15, -0.1) is 24.0 Å². The summed E-state index contributed by atoms with van der Waals surface area (Å²) in [7, 11) is 1.99. The number of aromatic nitrogens is 2. The molecule has 1 aliphatic heterocycles. The van der Waals surface area contributed by atoms with Gasteiger partial charge in [0.1, 0.15) is 0 Å². The standard InChI is InChI=1S/C18H34N6.HI/c1-6-19-18(20-11-14(2)13-24-9-7-8-10-24)21-12-17-15(3)22-23(5)16(17)4;/h14H,6-13H2,1-5H3,(H2,19,20,21);1H. The van der Waals surface area contributed by atoms with Gasteiger partial charge >= 0.3 is 0 Å². The number of likely N-dealkylation sites (tertiary alicyclic amines) is 1. The lowest BCUT2D eigenvalue weighted by atomic mass is 10.1. The van der Waals surface area contributed by atoms with Gasteiger partial charge in [-0.05, 0) is 52.6 Å². The minimum absolute atomic E-state index is 0. The molecule has 0 aromatic carbocycles. The van der Waals surface area contributed by atoms with Crippen LogP contribution in [0.1, 0.15) is 43.6 Å². The Labute approximate surface area is 169 Å². The van der Waals surface area contributed by atoms with E-state index in [2.05, 4.69) is 48.3 Å². The Morgan fingerprint density at radius 1 is 1.24 bits per heavy atom. The first-order valence-electron chi connectivity index (χ1n) is 9.24. The van der Waals surface area contributed by atoms with Crippen LogP contribution in [0.15, 0.2) is 4.99 Å². The number of hydrogen-bond acceptors (Lipinski definition) is 3. The van der Waals surface area contributed by atoms with Gasteiger partial charge in [-0.3, -0.25) is 4.68 Å². The average molecular weight is 462 g/mol. The van der Waals surface area contributed by atoms with E-state index in [1.54, 1.807) is 0 Å². The second-order valence-electron chi connectivity index (χ2n) is 6.96. The van der Waals surface area contributed by atoms with E-state index in [-0.39, 0.29) is 24.0 Å². The summed E-state index contributed by atoms with van der Waals surface area (Å²) in [5, 5.41) is 11.3. The molecule has 0 bridgehead atoms. The van der Waals surface area contributed by atoms with Crippen LogP contribution in [0, 0.1) is 19.8 Å². The maximum atomic E-state index is 4.75. The molecule has 1 aliphatic rings. The van der Waals surface area contributed by atoms with Crippen molar-refractivity contribution in [2.24, 2.45) is 18.0 Å². The van der Waals surface area contributed by atoms with Gasteiger partial charge in [0.2, 0.25) is 0 Å². The highest BCUT2D eigenvalue weighted by atomic mass is 127. The van der Waals surface area contributed by atoms with Gasteiger partial charge in [0.25, 0.3) is 0 Å². The van der Waals surface area contributed by atoms with Crippen molar-refractivity contribution in [2.45, 2.75) is 47.1 Å². The van der Waals surface area contributed by atoms with Crippen LogP contribution in [0.4, 0.5) is 0 Å².